The molecule has 2 fully saturated rings. The van der Waals surface area contributed by atoms with Gasteiger partial charge in [-0.1, -0.05) is 6.07 Å². The van der Waals surface area contributed by atoms with Gasteiger partial charge in [0.15, 0.2) is 11.6 Å². The number of nitrogens with one attached hydrogen (secondary N) is 3. The van der Waals surface area contributed by atoms with E-state index in [1.54, 1.807) is 24.5 Å². The SMILES string of the molecule is COc1c(F)cccc1Nc1c(-c2ccncc2OC[C@H]2CCO2)[nH]c2c1C(=O)NCC21CC1. The Balaban J connectivity index is 1.49. The van der Waals surface area contributed by atoms with Crippen LogP contribution in [0.15, 0.2) is 36.7 Å². The van der Waals surface area contributed by atoms with Crippen LogP contribution in [0.4, 0.5) is 15.8 Å². The van der Waals surface area contributed by atoms with Gasteiger partial charge in [-0.05, 0) is 31.0 Å². The van der Waals surface area contributed by atoms with Crippen molar-refractivity contribution in [3.63, 3.8) is 0 Å². The van der Waals surface area contributed by atoms with E-state index in [2.05, 4.69) is 20.6 Å². The van der Waals surface area contributed by atoms with Crippen molar-refractivity contribution in [2.24, 2.45) is 0 Å². The molecular formula is C25H25FN4O4. The number of rotatable bonds is 7. The Morgan fingerprint density at radius 2 is 2.18 bits per heavy atom. The maximum absolute atomic E-state index is 14.4. The van der Waals surface area contributed by atoms with Crippen LogP contribution in [0.5, 0.6) is 11.5 Å². The van der Waals surface area contributed by atoms with E-state index < -0.39 is 5.82 Å². The maximum atomic E-state index is 14.4. The molecule has 3 aliphatic rings. The van der Waals surface area contributed by atoms with Crippen molar-refractivity contribution in [1.29, 1.82) is 0 Å². The fraction of sp³-hybridized carbons (Fsp3) is 0.360. The molecule has 9 heteroatoms. The number of fused-ring (bicyclic) bond motifs is 2. The lowest BCUT2D eigenvalue weighted by atomic mass is 9.93. The molecule has 1 saturated heterocycles. The second kappa shape index (κ2) is 8.02. The highest BCUT2D eigenvalue weighted by atomic mass is 19.1. The Morgan fingerprint density at radius 1 is 1.32 bits per heavy atom. The third-order valence-corrected chi connectivity index (χ3v) is 6.90. The molecule has 8 nitrogen and oxygen atoms in total. The van der Waals surface area contributed by atoms with Gasteiger partial charge in [0, 0.05) is 42.4 Å². The molecule has 34 heavy (non-hydrogen) atoms. The standard InChI is InChI=1S/C25H25FN4O4/c1-32-22-16(26)3-2-4-17(22)29-21-19-23(25(7-8-25)13-28-24(19)31)30-20(21)15-5-9-27-11-18(15)34-12-14-6-10-33-14/h2-5,9,11,14,29-30H,6-8,10,12-13H2,1H3,(H,28,31)/t14-/m1/s1. The molecule has 1 amide bonds. The van der Waals surface area contributed by atoms with Gasteiger partial charge in [0.25, 0.3) is 5.91 Å². The molecule has 4 heterocycles. The zero-order valence-corrected chi connectivity index (χ0v) is 18.7. The van der Waals surface area contributed by atoms with Gasteiger partial charge in [0.05, 0.1) is 42.0 Å². The zero-order chi connectivity index (χ0) is 23.3. The first-order chi connectivity index (χ1) is 16.6. The summed E-state index contributed by atoms with van der Waals surface area (Å²) in [7, 11) is 1.42. The van der Waals surface area contributed by atoms with Crippen LogP contribution in [0, 0.1) is 5.82 Å². The van der Waals surface area contributed by atoms with Crippen LogP contribution in [0.3, 0.4) is 0 Å². The molecule has 1 saturated carbocycles. The number of methoxy groups -OCH3 is 1. The Morgan fingerprint density at radius 3 is 2.91 bits per heavy atom. The summed E-state index contributed by atoms with van der Waals surface area (Å²) in [6.07, 6.45) is 6.35. The molecule has 1 spiro atoms. The van der Waals surface area contributed by atoms with Crippen LogP contribution in [-0.4, -0.2) is 48.8 Å². The minimum Gasteiger partial charge on any atom is -0.492 e. The number of halogens is 1. The number of hydrogen-bond donors (Lipinski definition) is 3. The van der Waals surface area contributed by atoms with Gasteiger partial charge in [0.1, 0.15) is 12.4 Å². The summed E-state index contributed by atoms with van der Waals surface area (Å²) in [5.74, 6) is -0.00696. The summed E-state index contributed by atoms with van der Waals surface area (Å²) < 4.78 is 31.3. The first kappa shape index (κ1) is 21.0. The molecule has 0 radical (unpaired) electrons. The van der Waals surface area contributed by atoms with Crippen molar-refractivity contribution in [2.75, 3.05) is 32.2 Å². The lowest BCUT2D eigenvalue weighted by Crippen LogP contribution is -2.39. The topological polar surface area (TPSA) is 97.5 Å². The molecule has 0 bridgehead atoms. The Bertz CT molecular complexity index is 1270. The van der Waals surface area contributed by atoms with Gasteiger partial charge in [-0.15, -0.1) is 0 Å². The predicted octanol–water partition coefficient (Wildman–Crippen LogP) is 3.91. The van der Waals surface area contributed by atoms with Gasteiger partial charge in [-0.3, -0.25) is 9.78 Å². The monoisotopic (exact) mass is 464 g/mol. The van der Waals surface area contributed by atoms with Crippen LogP contribution in [0.2, 0.25) is 0 Å². The molecule has 2 aromatic heterocycles. The number of hydrogen-bond acceptors (Lipinski definition) is 6. The molecule has 3 aromatic rings. The number of nitrogens with zero attached hydrogens (tertiary/aromatic N) is 1. The van der Waals surface area contributed by atoms with Crippen LogP contribution in [0.1, 0.15) is 35.3 Å². The summed E-state index contributed by atoms with van der Waals surface area (Å²) in [6, 6.07) is 6.50. The molecule has 2 aliphatic heterocycles. The molecule has 1 atom stereocenters. The highest BCUT2D eigenvalue weighted by Crippen LogP contribution is 2.54. The third-order valence-electron chi connectivity index (χ3n) is 6.90. The number of ether oxygens (including phenoxy) is 3. The quantitative estimate of drug-likeness (QED) is 0.491. The van der Waals surface area contributed by atoms with E-state index in [0.717, 1.165) is 37.1 Å². The number of anilines is 2. The van der Waals surface area contributed by atoms with E-state index in [1.807, 2.05) is 6.07 Å². The fourth-order valence-electron chi connectivity index (χ4n) is 4.71. The molecule has 1 aromatic carbocycles. The highest BCUT2D eigenvalue weighted by molar-refractivity contribution is 6.07. The minimum absolute atomic E-state index is 0.0690. The second-order valence-corrected chi connectivity index (χ2v) is 9.00. The predicted molar refractivity (Wildman–Crippen MR) is 123 cm³/mol. The van der Waals surface area contributed by atoms with E-state index in [0.29, 0.717) is 41.5 Å². The minimum atomic E-state index is -0.491. The van der Waals surface area contributed by atoms with E-state index in [9.17, 15) is 9.18 Å². The Kier molecular flexibility index (Phi) is 4.95. The first-order valence-corrected chi connectivity index (χ1v) is 11.4. The van der Waals surface area contributed by atoms with E-state index in [4.69, 9.17) is 14.2 Å². The third kappa shape index (κ3) is 3.38. The molecule has 3 N–H and O–H groups in total. The largest absolute Gasteiger partial charge is 0.492 e. The van der Waals surface area contributed by atoms with Crippen LogP contribution in [-0.2, 0) is 10.2 Å². The number of aromatic nitrogens is 2. The number of pyridine rings is 1. The van der Waals surface area contributed by atoms with Crippen molar-refractivity contribution in [3.05, 3.63) is 53.7 Å². The van der Waals surface area contributed by atoms with E-state index >= 15 is 0 Å². The number of aromatic amines is 1. The number of carbonyl (C=O) groups excluding carboxylic acids is 1. The summed E-state index contributed by atoms with van der Waals surface area (Å²) in [5.41, 5.74) is 3.75. The number of benzene rings is 1. The van der Waals surface area contributed by atoms with Gasteiger partial charge in [-0.2, -0.15) is 0 Å². The molecule has 6 rings (SSSR count). The molecule has 0 unspecified atom stereocenters. The number of carbonyl (C=O) groups is 1. The van der Waals surface area contributed by atoms with Crippen molar-refractivity contribution in [3.8, 4) is 22.8 Å². The average molecular weight is 464 g/mol. The van der Waals surface area contributed by atoms with E-state index in [1.165, 1.54) is 13.2 Å². The van der Waals surface area contributed by atoms with Gasteiger partial charge in [0.2, 0.25) is 0 Å². The van der Waals surface area contributed by atoms with Crippen molar-refractivity contribution in [1.82, 2.24) is 15.3 Å². The Labute approximate surface area is 195 Å². The highest BCUT2D eigenvalue weighted by Gasteiger charge is 2.51. The first-order valence-electron chi connectivity index (χ1n) is 11.4. The summed E-state index contributed by atoms with van der Waals surface area (Å²) in [6.45, 7) is 1.77. The van der Waals surface area contributed by atoms with Gasteiger partial charge in [-0.25, -0.2) is 4.39 Å². The average Bonchev–Trinajstić information content (AvgIpc) is 3.49. The molecule has 1 aliphatic carbocycles. The number of amides is 1. The summed E-state index contributed by atoms with van der Waals surface area (Å²) in [4.78, 5) is 20.9. The zero-order valence-electron chi connectivity index (χ0n) is 18.7. The second-order valence-electron chi connectivity index (χ2n) is 9.00. The summed E-state index contributed by atoms with van der Waals surface area (Å²) in [5, 5.41) is 6.32. The maximum Gasteiger partial charge on any atom is 0.255 e. The Hall–Kier alpha value is -3.59. The number of para-hydroxylation sites is 1. The lowest BCUT2D eigenvalue weighted by Gasteiger charge is -2.26. The normalized spacial score (nSPS) is 19.7. The van der Waals surface area contributed by atoms with Crippen LogP contribution in [0.25, 0.3) is 11.3 Å². The molecule has 176 valence electrons. The van der Waals surface area contributed by atoms with Crippen molar-refractivity contribution < 1.29 is 23.4 Å². The smallest absolute Gasteiger partial charge is 0.255 e. The van der Waals surface area contributed by atoms with Crippen molar-refractivity contribution >= 4 is 17.3 Å². The molecular weight excluding hydrogens is 439 g/mol. The van der Waals surface area contributed by atoms with Gasteiger partial charge < -0.3 is 29.8 Å². The van der Waals surface area contributed by atoms with Crippen molar-refractivity contribution in [2.45, 2.75) is 30.8 Å². The number of H-pyrrole nitrogens is 1. The summed E-state index contributed by atoms with van der Waals surface area (Å²) >= 11 is 0. The fourth-order valence-corrected chi connectivity index (χ4v) is 4.71. The van der Waals surface area contributed by atoms with E-state index in [-0.39, 0.29) is 23.2 Å². The van der Waals surface area contributed by atoms with Gasteiger partial charge >= 0.3 is 0 Å². The van der Waals surface area contributed by atoms with Crippen LogP contribution < -0.4 is 20.1 Å². The lowest BCUT2D eigenvalue weighted by molar-refractivity contribution is -0.0720. The van der Waals surface area contributed by atoms with Crippen LogP contribution >= 0.6 is 0 Å².